The zero-order valence-electron chi connectivity index (χ0n) is 7.81. The van der Waals surface area contributed by atoms with E-state index < -0.39 is 0 Å². The molecule has 0 saturated heterocycles. The van der Waals surface area contributed by atoms with Crippen molar-refractivity contribution in [1.29, 1.82) is 0 Å². The maximum absolute atomic E-state index is 13.1. The molecule has 0 atom stereocenters. The van der Waals surface area contributed by atoms with Crippen LogP contribution in [0.2, 0.25) is 0 Å². The van der Waals surface area contributed by atoms with E-state index in [9.17, 15) is 9.18 Å². The van der Waals surface area contributed by atoms with Gasteiger partial charge in [-0.2, -0.15) is 0 Å². The van der Waals surface area contributed by atoms with E-state index in [0.717, 1.165) is 0 Å². The molecule has 1 amide bonds. The molecule has 0 saturated carbocycles. The van der Waals surface area contributed by atoms with E-state index in [4.69, 9.17) is 11.6 Å². The topological polar surface area (TPSA) is 29.1 Å². The molecule has 1 rings (SSSR count). The van der Waals surface area contributed by atoms with E-state index in [-0.39, 0.29) is 11.7 Å². The third-order valence-electron chi connectivity index (χ3n) is 1.73. The van der Waals surface area contributed by atoms with Gasteiger partial charge in [0.25, 0.3) is 0 Å². The Bertz CT molecular complexity index is 341. The number of anilines is 1. The molecule has 0 heterocycles. The maximum atomic E-state index is 13.1. The predicted octanol–water partition coefficient (Wildman–Crippen LogP) is 2.57. The third-order valence-corrected chi connectivity index (χ3v) is 1.92. The zero-order chi connectivity index (χ0) is 10.6. The van der Waals surface area contributed by atoms with Gasteiger partial charge >= 0.3 is 0 Å². The highest BCUT2D eigenvalue weighted by molar-refractivity contribution is 6.18. The van der Waals surface area contributed by atoms with Crippen LogP contribution in [-0.4, -0.2) is 11.8 Å². The SMILES string of the molecule is CC(=O)Nc1ccc(F)c(CCCl)c1. The highest BCUT2D eigenvalue weighted by Gasteiger charge is 2.03. The summed E-state index contributed by atoms with van der Waals surface area (Å²) in [6.07, 6.45) is 0.459. The molecule has 4 heteroatoms. The smallest absolute Gasteiger partial charge is 0.221 e. The predicted molar refractivity (Wildman–Crippen MR) is 55.1 cm³/mol. The third kappa shape index (κ3) is 3.00. The summed E-state index contributed by atoms with van der Waals surface area (Å²) in [6, 6.07) is 4.45. The standard InChI is InChI=1S/C10H11ClFNO/c1-7(14)13-9-2-3-10(12)8(6-9)4-5-11/h2-3,6H,4-5H2,1H3,(H,13,14). The molecule has 0 aliphatic rings. The van der Waals surface area contributed by atoms with Crippen LogP contribution in [0.4, 0.5) is 10.1 Å². The van der Waals surface area contributed by atoms with Gasteiger partial charge in [0.05, 0.1) is 0 Å². The first-order chi connectivity index (χ1) is 6.63. The van der Waals surface area contributed by atoms with E-state index in [1.54, 1.807) is 6.07 Å². The van der Waals surface area contributed by atoms with Gasteiger partial charge in [0.2, 0.25) is 5.91 Å². The van der Waals surface area contributed by atoms with E-state index >= 15 is 0 Å². The van der Waals surface area contributed by atoms with Crippen LogP contribution in [0, 0.1) is 5.82 Å². The van der Waals surface area contributed by atoms with Crippen molar-refractivity contribution in [1.82, 2.24) is 0 Å². The maximum Gasteiger partial charge on any atom is 0.221 e. The molecule has 76 valence electrons. The Morgan fingerprint density at radius 1 is 1.57 bits per heavy atom. The molecule has 1 aromatic rings. The van der Waals surface area contributed by atoms with Gasteiger partial charge in [-0.3, -0.25) is 4.79 Å². The molecular formula is C10H11ClFNO. The Morgan fingerprint density at radius 3 is 2.86 bits per heavy atom. The van der Waals surface area contributed by atoms with Crippen LogP contribution >= 0.6 is 11.6 Å². The fourth-order valence-corrected chi connectivity index (χ4v) is 1.35. The number of nitrogens with one attached hydrogen (secondary N) is 1. The van der Waals surface area contributed by atoms with E-state index in [1.807, 2.05) is 0 Å². The van der Waals surface area contributed by atoms with Gasteiger partial charge in [0.1, 0.15) is 5.82 Å². The number of carbonyl (C=O) groups is 1. The van der Waals surface area contributed by atoms with Gasteiger partial charge in [0, 0.05) is 18.5 Å². The number of amides is 1. The Labute approximate surface area is 87.1 Å². The molecule has 0 bridgehead atoms. The molecule has 0 radical (unpaired) electrons. The molecule has 0 aromatic heterocycles. The van der Waals surface area contributed by atoms with Gasteiger partial charge < -0.3 is 5.32 Å². The van der Waals surface area contributed by atoms with Crippen LogP contribution in [0.3, 0.4) is 0 Å². The van der Waals surface area contributed by atoms with E-state index in [2.05, 4.69) is 5.32 Å². The van der Waals surface area contributed by atoms with E-state index in [1.165, 1.54) is 19.1 Å². The van der Waals surface area contributed by atoms with Gasteiger partial charge in [-0.15, -0.1) is 11.6 Å². The highest BCUT2D eigenvalue weighted by atomic mass is 35.5. The van der Waals surface area contributed by atoms with Crippen molar-refractivity contribution in [3.63, 3.8) is 0 Å². The summed E-state index contributed by atoms with van der Waals surface area (Å²) in [7, 11) is 0. The Balaban J connectivity index is 2.88. The number of carbonyl (C=O) groups excluding carboxylic acids is 1. The number of hydrogen-bond donors (Lipinski definition) is 1. The monoisotopic (exact) mass is 215 g/mol. The van der Waals surface area contributed by atoms with Crippen LogP contribution in [0.5, 0.6) is 0 Å². The lowest BCUT2D eigenvalue weighted by atomic mass is 10.1. The fourth-order valence-electron chi connectivity index (χ4n) is 1.15. The van der Waals surface area contributed by atoms with Crippen molar-refractivity contribution >= 4 is 23.2 Å². The highest BCUT2D eigenvalue weighted by Crippen LogP contribution is 2.15. The van der Waals surface area contributed by atoms with Crippen molar-refractivity contribution in [3.8, 4) is 0 Å². The summed E-state index contributed by atoms with van der Waals surface area (Å²) in [4.78, 5) is 10.7. The first kappa shape index (κ1) is 11.0. The second kappa shape index (κ2) is 4.96. The quantitative estimate of drug-likeness (QED) is 0.772. The number of rotatable bonds is 3. The summed E-state index contributed by atoms with van der Waals surface area (Å²) in [6.45, 7) is 1.41. The average Bonchev–Trinajstić information content (AvgIpc) is 2.10. The van der Waals surface area contributed by atoms with Gasteiger partial charge in [-0.05, 0) is 30.2 Å². The van der Waals surface area contributed by atoms with Crippen LogP contribution < -0.4 is 5.32 Å². The summed E-state index contributed by atoms with van der Waals surface area (Å²) in [5.41, 5.74) is 1.12. The second-order valence-electron chi connectivity index (χ2n) is 2.93. The molecule has 1 N–H and O–H groups in total. The Hall–Kier alpha value is -1.09. The molecule has 0 spiro atoms. The molecule has 0 fully saturated rings. The van der Waals surface area contributed by atoms with Crippen LogP contribution in [0.15, 0.2) is 18.2 Å². The molecule has 2 nitrogen and oxygen atoms in total. The molecule has 14 heavy (non-hydrogen) atoms. The number of halogens is 2. The first-order valence-electron chi connectivity index (χ1n) is 4.25. The van der Waals surface area contributed by atoms with Crippen molar-refractivity contribution in [2.24, 2.45) is 0 Å². The minimum absolute atomic E-state index is 0.173. The largest absolute Gasteiger partial charge is 0.326 e. The summed E-state index contributed by atoms with van der Waals surface area (Å²) in [5, 5.41) is 2.58. The fraction of sp³-hybridized carbons (Fsp3) is 0.300. The van der Waals surface area contributed by atoms with Gasteiger partial charge in [0.15, 0.2) is 0 Å². The van der Waals surface area contributed by atoms with Crippen molar-refractivity contribution < 1.29 is 9.18 Å². The minimum Gasteiger partial charge on any atom is -0.326 e. The number of aryl methyl sites for hydroxylation is 1. The number of alkyl halides is 1. The lowest BCUT2D eigenvalue weighted by Gasteiger charge is -2.05. The summed E-state index contributed by atoms with van der Waals surface area (Å²) in [5.74, 6) is -0.103. The summed E-state index contributed by atoms with van der Waals surface area (Å²) < 4.78 is 13.1. The summed E-state index contributed by atoms with van der Waals surface area (Å²) >= 11 is 5.51. The zero-order valence-corrected chi connectivity index (χ0v) is 8.57. The number of hydrogen-bond acceptors (Lipinski definition) is 1. The van der Waals surface area contributed by atoms with Crippen LogP contribution in [0.1, 0.15) is 12.5 Å². The van der Waals surface area contributed by atoms with Crippen molar-refractivity contribution in [2.75, 3.05) is 11.2 Å². The van der Waals surface area contributed by atoms with Gasteiger partial charge in [-0.25, -0.2) is 4.39 Å². The lowest BCUT2D eigenvalue weighted by Crippen LogP contribution is -2.06. The Kier molecular flexibility index (Phi) is 3.89. The molecular weight excluding hydrogens is 205 g/mol. The molecule has 0 aliphatic heterocycles. The lowest BCUT2D eigenvalue weighted by molar-refractivity contribution is -0.114. The number of benzene rings is 1. The van der Waals surface area contributed by atoms with Crippen LogP contribution in [0.25, 0.3) is 0 Å². The molecule has 0 unspecified atom stereocenters. The second-order valence-corrected chi connectivity index (χ2v) is 3.30. The first-order valence-corrected chi connectivity index (χ1v) is 4.79. The van der Waals surface area contributed by atoms with Crippen LogP contribution in [-0.2, 0) is 11.2 Å². The van der Waals surface area contributed by atoms with Crippen molar-refractivity contribution in [3.05, 3.63) is 29.6 Å². The molecule has 1 aromatic carbocycles. The average molecular weight is 216 g/mol. The van der Waals surface area contributed by atoms with E-state index in [0.29, 0.717) is 23.6 Å². The Morgan fingerprint density at radius 2 is 2.29 bits per heavy atom. The molecule has 0 aliphatic carbocycles. The normalized spacial score (nSPS) is 9.93. The van der Waals surface area contributed by atoms with Crippen molar-refractivity contribution in [2.45, 2.75) is 13.3 Å². The minimum atomic E-state index is -0.292. The van der Waals surface area contributed by atoms with Gasteiger partial charge in [-0.1, -0.05) is 0 Å².